The van der Waals surface area contributed by atoms with Crippen molar-refractivity contribution in [1.82, 2.24) is 19.5 Å². The quantitative estimate of drug-likeness (QED) is 0.329. The Balaban J connectivity index is 1.95. The molecule has 11 heteroatoms. The molecular weight excluding hydrogens is 521 g/mol. The summed E-state index contributed by atoms with van der Waals surface area (Å²) in [4.78, 5) is 27.4. The number of aromatic nitrogens is 4. The van der Waals surface area contributed by atoms with Crippen LogP contribution in [0.1, 0.15) is 50.1 Å². The lowest BCUT2D eigenvalue weighted by Gasteiger charge is -2.17. The molecule has 0 saturated carbocycles. The molecule has 0 aliphatic carbocycles. The van der Waals surface area contributed by atoms with Gasteiger partial charge in [0.25, 0.3) is 10.0 Å². The van der Waals surface area contributed by atoms with Gasteiger partial charge in [0, 0.05) is 17.8 Å². The molecule has 0 aliphatic rings. The molecule has 1 N–H and O–H groups in total. The van der Waals surface area contributed by atoms with Gasteiger partial charge in [-0.05, 0) is 76.4 Å². The van der Waals surface area contributed by atoms with E-state index in [1.54, 1.807) is 27.7 Å². The first-order valence-electron chi connectivity index (χ1n) is 11.0. The largest absolute Gasteiger partial charge is 0.333 e. The molecule has 4 aromatic rings. The molecule has 0 bridgehead atoms. The summed E-state index contributed by atoms with van der Waals surface area (Å²) in [6.07, 6.45) is 0. The number of nitrogens with one attached hydrogen (secondary N) is 1. The predicted molar refractivity (Wildman–Crippen MR) is 142 cm³/mol. The van der Waals surface area contributed by atoms with Gasteiger partial charge in [0.1, 0.15) is 22.9 Å². The first kappa shape index (κ1) is 26.1. The maximum atomic E-state index is 14.0. The van der Waals surface area contributed by atoms with Crippen LogP contribution in [0.4, 0.5) is 5.69 Å². The maximum Gasteiger partial charge on any atom is 0.261 e. The molecule has 3 aromatic heterocycles. The number of halogens is 2. The van der Waals surface area contributed by atoms with Crippen LogP contribution in [-0.4, -0.2) is 33.7 Å². The maximum absolute atomic E-state index is 14.0. The van der Waals surface area contributed by atoms with Crippen LogP contribution in [-0.2, 0) is 17.1 Å². The highest BCUT2D eigenvalue weighted by atomic mass is 35.5. The minimum absolute atomic E-state index is 0.00192. The van der Waals surface area contributed by atoms with Gasteiger partial charge in [-0.1, -0.05) is 23.2 Å². The van der Waals surface area contributed by atoms with Crippen LogP contribution in [0, 0.1) is 41.5 Å². The van der Waals surface area contributed by atoms with Gasteiger partial charge in [0.2, 0.25) is 5.78 Å². The molecule has 0 atom stereocenters. The molecule has 3 heterocycles. The zero-order valence-corrected chi connectivity index (χ0v) is 23.2. The second kappa shape index (κ2) is 9.14. The van der Waals surface area contributed by atoms with E-state index in [2.05, 4.69) is 19.7 Å². The number of nitrogens with zero attached hydrogens (tertiary/aromatic N) is 4. The Morgan fingerprint density at radius 3 is 2.25 bits per heavy atom. The number of rotatable bonds is 5. The van der Waals surface area contributed by atoms with Crippen molar-refractivity contribution in [3.8, 4) is 0 Å². The van der Waals surface area contributed by atoms with E-state index in [1.165, 1.54) is 18.2 Å². The Kier molecular flexibility index (Phi) is 6.61. The molecule has 0 unspecified atom stereocenters. The number of carbonyl (C=O) groups is 1. The predicted octanol–water partition coefficient (Wildman–Crippen LogP) is 5.55. The highest BCUT2D eigenvalue weighted by Gasteiger charge is 2.29. The van der Waals surface area contributed by atoms with Crippen molar-refractivity contribution in [3.63, 3.8) is 0 Å². The van der Waals surface area contributed by atoms with Gasteiger partial charge in [0.15, 0.2) is 0 Å². The molecule has 0 amide bonds. The summed E-state index contributed by atoms with van der Waals surface area (Å²) in [6.45, 7) is 10.5. The third kappa shape index (κ3) is 4.25. The third-order valence-electron chi connectivity index (χ3n) is 6.38. The molecular formula is C25H25Cl2N5O3S. The monoisotopic (exact) mass is 545 g/mol. The molecule has 1 aromatic carbocycles. The summed E-state index contributed by atoms with van der Waals surface area (Å²) < 4.78 is 31.1. The van der Waals surface area contributed by atoms with Gasteiger partial charge < -0.3 is 4.57 Å². The van der Waals surface area contributed by atoms with Crippen molar-refractivity contribution in [1.29, 1.82) is 0 Å². The van der Waals surface area contributed by atoms with Gasteiger partial charge in [0.05, 0.1) is 26.7 Å². The molecule has 0 saturated heterocycles. The van der Waals surface area contributed by atoms with Crippen LogP contribution in [0.5, 0.6) is 0 Å². The van der Waals surface area contributed by atoms with Crippen molar-refractivity contribution < 1.29 is 13.2 Å². The molecule has 0 aliphatic heterocycles. The van der Waals surface area contributed by atoms with Crippen molar-refractivity contribution in [2.24, 2.45) is 7.05 Å². The number of anilines is 1. The van der Waals surface area contributed by atoms with E-state index in [-0.39, 0.29) is 27.0 Å². The van der Waals surface area contributed by atoms with Crippen LogP contribution in [0.15, 0.2) is 23.1 Å². The Hall–Kier alpha value is -3.01. The van der Waals surface area contributed by atoms with E-state index in [1.807, 2.05) is 25.5 Å². The smallest absolute Gasteiger partial charge is 0.261 e. The fourth-order valence-corrected chi connectivity index (χ4v) is 5.58. The van der Waals surface area contributed by atoms with Crippen molar-refractivity contribution >= 4 is 55.7 Å². The SMILES string of the molecule is Cc1nc(C(=O)c2nc(C)c(Cl)c(C)c2NS(=O)(=O)c2ccc(Cl)c(C)c2)c2c(C)c(C)n(C)c2n1. The minimum atomic E-state index is -4.10. The number of sulfonamides is 1. The van der Waals surface area contributed by atoms with Gasteiger partial charge >= 0.3 is 0 Å². The Morgan fingerprint density at radius 1 is 0.944 bits per heavy atom. The van der Waals surface area contributed by atoms with E-state index in [9.17, 15) is 13.2 Å². The molecule has 8 nitrogen and oxygen atoms in total. The van der Waals surface area contributed by atoms with Crippen molar-refractivity contribution in [2.45, 2.75) is 46.4 Å². The number of benzene rings is 1. The van der Waals surface area contributed by atoms with Crippen LogP contribution in [0.2, 0.25) is 10.0 Å². The summed E-state index contributed by atoms with van der Waals surface area (Å²) >= 11 is 12.5. The molecule has 188 valence electrons. The number of hydrogen-bond acceptors (Lipinski definition) is 6. The zero-order chi connectivity index (χ0) is 26.7. The lowest BCUT2D eigenvalue weighted by molar-refractivity contribution is 0.103. The Morgan fingerprint density at radius 2 is 1.61 bits per heavy atom. The fourth-order valence-electron chi connectivity index (χ4n) is 4.11. The highest BCUT2D eigenvalue weighted by molar-refractivity contribution is 7.92. The summed E-state index contributed by atoms with van der Waals surface area (Å²) in [5.74, 6) is -0.125. The average molecular weight is 546 g/mol. The Bertz CT molecular complexity index is 1690. The molecule has 0 fully saturated rings. The molecule has 4 rings (SSSR count). The standard InChI is InChI=1S/C25H25Cl2N5O3S/c1-11-10-17(8-9-18(11)26)36(34,35)31-21-13(3)20(27)14(4)28-23(21)24(33)22-19-12(2)15(5)32(7)25(19)30-16(6)29-22/h8-10,31H,1-7H3. The number of carbonyl (C=O) groups excluding carboxylic acids is 1. The van der Waals surface area contributed by atoms with Gasteiger partial charge in [-0.2, -0.15) is 0 Å². The van der Waals surface area contributed by atoms with E-state index in [0.29, 0.717) is 38.7 Å². The number of fused-ring (bicyclic) bond motifs is 1. The van der Waals surface area contributed by atoms with E-state index in [4.69, 9.17) is 23.2 Å². The first-order valence-corrected chi connectivity index (χ1v) is 13.3. The molecule has 0 radical (unpaired) electrons. The topological polar surface area (TPSA) is 107 Å². The number of pyridine rings is 1. The van der Waals surface area contributed by atoms with Crippen LogP contribution in [0.3, 0.4) is 0 Å². The van der Waals surface area contributed by atoms with Crippen LogP contribution >= 0.6 is 23.2 Å². The Labute approximate surface area is 219 Å². The van der Waals surface area contributed by atoms with E-state index < -0.39 is 15.8 Å². The van der Waals surface area contributed by atoms with Gasteiger partial charge in [-0.3, -0.25) is 9.52 Å². The van der Waals surface area contributed by atoms with Crippen molar-refractivity contribution in [3.05, 3.63) is 73.5 Å². The lowest BCUT2D eigenvalue weighted by atomic mass is 10.0. The zero-order valence-electron chi connectivity index (χ0n) is 20.9. The number of hydrogen-bond donors (Lipinski definition) is 1. The normalized spacial score (nSPS) is 11.8. The average Bonchev–Trinajstić information content (AvgIpc) is 3.03. The third-order valence-corrected chi connectivity index (χ3v) is 8.71. The molecule has 36 heavy (non-hydrogen) atoms. The summed E-state index contributed by atoms with van der Waals surface area (Å²) in [6, 6.07) is 4.36. The van der Waals surface area contributed by atoms with E-state index in [0.717, 1.165) is 11.3 Å². The summed E-state index contributed by atoms with van der Waals surface area (Å²) in [5.41, 5.74) is 3.84. The van der Waals surface area contributed by atoms with Crippen LogP contribution < -0.4 is 4.72 Å². The second-order valence-corrected chi connectivity index (χ2v) is 11.3. The first-order chi connectivity index (χ1) is 16.7. The fraction of sp³-hybridized carbons (Fsp3) is 0.280. The second-order valence-electron chi connectivity index (χ2n) is 8.79. The van der Waals surface area contributed by atoms with E-state index >= 15 is 0 Å². The van der Waals surface area contributed by atoms with Crippen molar-refractivity contribution in [2.75, 3.05) is 4.72 Å². The lowest BCUT2D eigenvalue weighted by Crippen LogP contribution is -2.20. The molecule has 0 spiro atoms. The van der Waals surface area contributed by atoms with Crippen LogP contribution in [0.25, 0.3) is 11.0 Å². The number of aryl methyl sites for hydroxylation is 5. The highest BCUT2D eigenvalue weighted by Crippen LogP contribution is 2.34. The minimum Gasteiger partial charge on any atom is -0.333 e. The summed E-state index contributed by atoms with van der Waals surface area (Å²) in [5, 5.41) is 1.30. The van der Waals surface area contributed by atoms with Gasteiger partial charge in [-0.15, -0.1) is 0 Å². The summed E-state index contributed by atoms with van der Waals surface area (Å²) in [7, 11) is -2.23. The number of ketones is 1. The van der Waals surface area contributed by atoms with Gasteiger partial charge in [-0.25, -0.2) is 23.4 Å².